The van der Waals surface area contributed by atoms with Gasteiger partial charge in [0.2, 0.25) is 0 Å². The summed E-state index contributed by atoms with van der Waals surface area (Å²) in [7, 11) is 1.63. The van der Waals surface area contributed by atoms with Crippen LogP contribution < -0.4 is 4.74 Å². The summed E-state index contributed by atoms with van der Waals surface area (Å²) in [5.74, 6) is 0.784. The second-order valence-electron chi connectivity index (χ2n) is 2.55. The maximum absolute atomic E-state index is 5.97. The fourth-order valence-electron chi connectivity index (χ4n) is 1.00. The molecule has 0 amide bonds. The summed E-state index contributed by atoms with van der Waals surface area (Å²) in [6, 6.07) is 3.99. The van der Waals surface area contributed by atoms with Crippen LogP contribution in [0.25, 0.3) is 0 Å². The van der Waals surface area contributed by atoms with Crippen LogP contribution in [0.15, 0.2) is 12.1 Å². The molecule has 0 saturated carbocycles. The normalized spacial score (nSPS) is 9.82. The molecule has 2 heteroatoms. The Morgan fingerprint density at radius 2 is 1.73 bits per heavy atom. The van der Waals surface area contributed by atoms with Crippen LogP contribution in [0.2, 0.25) is 5.02 Å². The fraction of sp³-hybridized carbons (Fsp3) is 0.333. The molecule has 0 atom stereocenters. The number of methoxy groups -OCH3 is 1. The van der Waals surface area contributed by atoms with Crippen LogP contribution in [0.3, 0.4) is 0 Å². The van der Waals surface area contributed by atoms with Gasteiger partial charge in [-0.15, -0.1) is 0 Å². The molecule has 1 aromatic rings. The maximum Gasteiger partial charge on any atom is 0.140 e. The van der Waals surface area contributed by atoms with E-state index >= 15 is 0 Å². The smallest absolute Gasteiger partial charge is 0.140 e. The molecule has 60 valence electrons. The summed E-state index contributed by atoms with van der Waals surface area (Å²) in [5.41, 5.74) is 2.12. The van der Waals surface area contributed by atoms with Gasteiger partial charge in [-0.3, -0.25) is 0 Å². The number of halogens is 1. The molecule has 0 aliphatic rings. The predicted octanol–water partition coefficient (Wildman–Crippen LogP) is 2.97. The van der Waals surface area contributed by atoms with Gasteiger partial charge in [-0.1, -0.05) is 23.7 Å². The molecule has 0 radical (unpaired) electrons. The minimum atomic E-state index is 0.715. The zero-order valence-electron chi connectivity index (χ0n) is 6.94. The standard InChI is InChI=1S/C9H11ClO/c1-6-4-5-7(2)9(11-3)8(6)10/h4-5H,1-3H3. The van der Waals surface area contributed by atoms with Crippen LogP contribution in [0.1, 0.15) is 11.1 Å². The number of benzene rings is 1. The molecule has 0 N–H and O–H groups in total. The lowest BCUT2D eigenvalue weighted by Gasteiger charge is -2.07. The van der Waals surface area contributed by atoms with E-state index in [-0.39, 0.29) is 0 Å². The van der Waals surface area contributed by atoms with Crippen LogP contribution in [0.5, 0.6) is 5.75 Å². The summed E-state index contributed by atoms with van der Waals surface area (Å²) < 4.78 is 5.12. The number of hydrogen-bond acceptors (Lipinski definition) is 1. The van der Waals surface area contributed by atoms with Crippen LogP contribution in [-0.2, 0) is 0 Å². The van der Waals surface area contributed by atoms with Crippen LogP contribution in [-0.4, -0.2) is 7.11 Å². The van der Waals surface area contributed by atoms with Crippen molar-refractivity contribution in [2.45, 2.75) is 13.8 Å². The van der Waals surface area contributed by atoms with Gasteiger partial charge in [0.15, 0.2) is 0 Å². The Bertz CT molecular complexity index is 269. The summed E-state index contributed by atoms with van der Waals surface area (Å²) in [4.78, 5) is 0. The number of hydrogen-bond donors (Lipinski definition) is 0. The van der Waals surface area contributed by atoms with Crippen molar-refractivity contribution in [2.24, 2.45) is 0 Å². The number of rotatable bonds is 1. The summed E-state index contributed by atoms with van der Waals surface area (Å²) in [6.07, 6.45) is 0. The molecule has 0 aliphatic heterocycles. The first kappa shape index (κ1) is 8.41. The summed E-state index contributed by atoms with van der Waals surface area (Å²) >= 11 is 5.97. The highest BCUT2D eigenvalue weighted by molar-refractivity contribution is 6.32. The van der Waals surface area contributed by atoms with Gasteiger partial charge in [-0.25, -0.2) is 0 Å². The molecule has 1 nitrogen and oxygen atoms in total. The van der Waals surface area contributed by atoms with E-state index in [0.717, 1.165) is 16.9 Å². The Morgan fingerprint density at radius 1 is 1.18 bits per heavy atom. The van der Waals surface area contributed by atoms with Gasteiger partial charge >= 0.3 is 0 Å². The van der Waals surface area contributed by atoms with Crippen molar-refractivity contribution >= 4 is 11.6 Å². The van der Waals surface area contributed by atoms with Gasteiger partial charge < -0.3 is 4.74 Å². The molecule has 0 heterocycles. The zero-order valence-corrected chi connectivity index (χ0v) is 7.70. The van der Waals surface area contributed by atoms with Gasteiger partial charge in [0.05, 0.1) is 12.1 Å². The zero-order chi connectivity index (χ0) is 8.43. The van der Waals surface area contributed by atoms with Gasteiger partial charge in [-0.05, 0) is 25.0 Å². The van der Waals surface area contributed by atoms with E-state index in [1.165, 1.54) is 0 Å². The Labute approximate surface area is 71.9 Å². The van der Waals surface area contributed by atoms with Crippen LogP contribution in [0.4, 0.5) is 0 Å². The second kappa shape index (κ2) is 3.14. The lowest BCUT2D eigenvalue weighted by Crippen LogP contribution is -1.89. The average Bonchev–Trinajstić information content (AvgIpc) is 1.99. The first-order chi connectivity index (χ1) is 5.16. The first-order valence-electron chi connectivity index (χ1n) is 3.46. The largest absolute Gasteiger partial charge is 0.495 e. The molecule has 0 aromatic heterocycles. The van der Waals surface area contributed by atoms with E-state index < -0.39 is 0 Å². The fourth-order valence-corrected chi connectivity index (χ4v) is 1.29. The van der Waals surface area contributed by atoms with Crippen molar-refractivity contribution in [3.05, 3.63) is 28.3 Å². The van der Waals surface area contributed by atoms with Gasteiger partial charge in [0.1, 0.15) is 5.75 Å². The predicted molar refractivity (Wildman–Crippen MR) is 47.5 cm³/mol. The SMILES string of the molecule is COc1c(C)ccc(C)c1Cl. The monoisotopic (exact) mass is 170 g/mol. The summed E-state index contributed by atoms with van der Waals surface area (Å²) in [6.45, 7) is 3.94. The van der Waals surface area contributed by atoms with Gasteiger partial charge in [0, 0.05) is 0 Å². The van der Waals surface area contributed by atoms with Crippen molar-refractivity contribution in [1.29, 1.82) is 0 Å². The highest BCUT2D eigenvalue weighted by Crippen LogP contribution is 2.30. The molecule has 0 fully saturated rings. The van der Waals surface area contributed by atoms with Crippen molar-refractivity contribution in [3.63, 3.8) is 0 Å². The molecule has 1 aromatic carbocycles. The number of ether oxygens (including phenoxy) is 1. The van der Waals surface area contributed by atoms with E-state index in [4.69, 9.17) is 16.3 Å². The molecule has 0 unspecified atom stereocenters. The second-order valence-corrected chi connectivity index (χ2v) is 2.92. The van der Waals surface area contributed by atoms with Crippen molar-refractivity contribution in [3.8, 4) is 5.75 Å². The molecule has 0 aliphatic carbocycles. The Kier molecular flexibility index (Phi) is 2.40. The minimum Gasteiger partial charge on any atom is -0.495 e. The quantitative estimate of drug-likeness (QED) is 0.630. The van der Waals surface area contributed by atoms with Crippen molar-refractivity contribution in [2.75, 3.05) is 7.11 Å². The third kappa shape index (κ3) is 1.48. The van der Waals surface area contributed by atoms with Gasteiger partial charge in [0.25, 0.3) is 0 Å². The lowest BCUT2D eigenvalue weighted by atomic mass is 10.1. The minimum absolute atomic E-state index is 0.715. The molecule has 1 rings (SSSR count). The first-order valence-corrected chi connectivity index (χ1v) is 3.84. The third-order valence-electron chi connectivity index (χ3n) is 1.69. The number of aryl methyl sites for hydroxylation is 2. The molecule has 0 bridgehead atoms. The van der Waals surface area contributed by atoms with Crippen molar-refractivity contribution in [1.82, 2.24) is 0 Å². The average molecular weight is 171 g/mol. The van der Waals surface area contributed by atoms with E-state index in [2.05, 4.69) is 0 Å². The van der Waals surface area contributed by atoms with E-state index in [1.807, 2.05) is 26.0 Å². The van der Waals surface area contributed by atoms with Gasteiger partial charge in [-0.2, -0.15) is 0 Å². The maximum atomic E-state index is 5.97. The van der Waals surface area contributed by atoms with Crippen LogP contribution >= 0.6 is 11.6 Å². The Balaban J connectivity index is 3.29. The highest BCUT2D eigenvalue weighted by atomic mass is 35.5. The molecule has 11 heavy (non-hydrogen) atoms. The molecule has 0 saturated heterocycles. The topological polar surface area (TPSA) is 9.23 Å². The lowest BCUT2D eigenvalue weighted by molar-refractivity contribution is 0.411. The highest BCUT2D eigenvalue weighted by Gasteiger charge is 2.05. The molecular formula is C9H11ClO. The summed E-state index contributed by atoms with van der Waals surface area (Å²) in [5, 5.41) is 0.715. The van der Waals surface area contributed by atoms with Crippen LogP contribution in [0, 0.1) is 13.8 Å². The molecule has 0 spiro atoms. The van der Waals surface area contributed by atoms with E-state index in [1.54, 1.807) is 7.11 Å². The van der Waals surface area contributed by atoms with E-state index in [0.29, 0.717) is 5.02 Å². The molecular weight excluding hydrogens is 160 g/mol. The Hall–Kier alpha value is -0.690. The van der Waals surface area contributed by atoms with Crippen molar-refractivity contribution < 1.29 is 4.74 Å². The Morgan fingerprint density at radius 3 is 2.18 bits per heavy atom. The van der Waals surface area contributed by atoms with E-state index in [9.17, 15) is 0 Å². The third-order valence-corrected chi connectivity index (χ3v) is 2.16.